The highest BCUT2D eigenvalue weighted by Crippen LogP contribution is 2.30. The number of benzene rings is 3. The van der Waals surface area contributed by atoms with E-state index in [4.69, 9.17) is 14.2 Å². The molecule has 0 radical (unpaired) electrons. The van der Waals surface area contributed by atoms with Gasteiger partial charge in [0.1, 0.15) is 0 Å². The van der Waals surface area contributed by atoms with Gasteiger partial charge in [-0.1, -0.05) is 42.5 Å². The molecular weight excluding hydrogens is 582 g/mol. The average molecular weight is 618 g/mol. The minimum atomic E-state index is -4.08. The summed E-state index contributed by atoms with van der Waals surface area (Å²) in [5, 5.41) is 2.75. The van der Waals surface area contributed by atoms with Crippen molar-refractivity contribution < 1.29 is 35.8 Å². The van der Waals surface area contributed by atoms with Gasteiger partial charge < -0.3 is 19.5 Å². The Morgan fingerprint density at radius 1 is 0.857 bits per heavy atom. The van der Waals surface area contributed by atoms with Gasteiger partial charge in [-0.15, -0.1) is 0 Å². The molecule has 3 aromatic carbocycles. The zero-order valence-corrected chi connectivity index (χ0v) is 25.2. The number of hydrogen-bond donors (Lipinski definition) is 1. The summed E-state index contributed by atoms with van der Waals surface area (Å²) in [6.07, 6.45) is 0.402. The zero-order chi connectivity index (χ0) is 30.2. The molecule has 13 heteroatoms. The highest BCUT2D eigenvalue weighted by atomic mass is 32.2. The number of morpholine rings is 1. The maximum Gasteiger partial charge on any atom is 0.243 e. The predicted octanol–water partition coefficient (Wildman–Crippen LogP) is 2.27. The number of amides is 1. The molecule has 0 bridgehead atoms. The van der Waals surface area contributed by atoms with E-state index < -0.39 is 32.5 Å². The quantitative estimate of drug-likeness (QED) is 0.309. The van der Waals surface area contributed by atoms with Gasteiger partial charge in [-0.3, -0.25) is 4.79 Å². The molecule has 0 spiro atoms. The number of ether oxygens (including phenoxy) is 3. The van der Waals surface area contributed by atoms with E-state index in [1.54, 1.807) is 12.1 Å². The Labute approximate surface area is 247 Å². The van der Waals surface area contributed by atoms with Crippen LogP contribution in [0.4, 0.5) is 0 Å². The Balaban J connectivity index is 1.46. The SMILES string of the molecule is COc1ccc(S(=O)(=O)N(CCc2ccccc2)CC(=O)NCc2ccc(S(=O)(=O)N3CCOCC3)cc2)cc1OC. The van der Waals surface area contributed by atoms with Crippen molar-refractivity contribution in [3.8, 4) is 11.5 Å². The normalized spacial score (nSPS) is 14.5. The Hall–Kier alpha value is -3.49. The number of rotatable bonds is 13. The highest BCUT2D eigenvalue weighted by molar-refractivity contribution is 7.89. The van der Waals surface area contributed by atoms with Crippen molar-refractivity contribution in [2.75, 3.05) is 53.6 Å². The fourth-order valence-electron chi connectivity index (χ4n) is 4.44. The second kappa shape index (κ2) is 14.1. The van der Waals surface area contributed by atoms with Gasteiger partial charge in [-0.2, -0.15) is 8.61 Å². The summed E-state index contributed by atoms with van der Waals surface area (Å²) in [4.78, 5) is 13.1. The number of nitrogens with one attached hydrogen (secondary N) is 1. The third kappa shape index (κ3) is 7.66. The van der Waals surface area contributed by atoms with Crippen LogP contribution in [0.25, 0.3) is 0 Å². The van der Waals surface area contributed by atoms with Crippen molar-refractivity contribution in [2.24, 2.45) is 0 Å². The summed E-state index contributed by atoms with van der Waals surface area (Å²) < 4.78 is 71.3. The third-order valence-electron chi connectivity index (χ3n) is 6.83. The summed E-state index contributed by atoms with van der Waals surface area (Å²) in [6.45, 7) is 1.07. The molecular formula is C29H35N3O8S2. The van der Waals surface area contributed by atoms with Crippen LogP contribution in [0.5, 0.6) is 11.5 Å². The van der Waals surface area contributed by atoms with Gasteiger partial charge in [-0.05, 0) is 41.8 Å². The Morgan fingerprint density at radius 2 is 1.50 bits per heavy atom. The van der Waals surface area contributed by atoms with Crippen LogP contribution in [-0.2, 0) is 42.5 Å². The second-order valence-electron chi connectivity index (χ2n) is 9.53. The molecule has 0 aromatic heterocycles. The highest BCUT2D eigenvalue weighted by Gasteiger charge is 2.28. The number of carbonyl (C=O) groups is 1. The molecule has 0 unspecified atom stereocenters. The molecule has 1 saturated heterocycles. The maximum absolute atomic E-state index is 13.7. The lowest BCUT2D eigenvalue weighted by atomic mass is 10.1. The molecule has 0 aliphatic carbocycles. The van der Waals surface area contributed by atoms with Gasteiger partial charge in [-0.25, -0.2) is 16.8 Å². The molecule has 0 atom stereocenters. The third-order valence-corrected chi connectivity index (χ3v) is 10.6. The first-order chi connectivity index (χ1) is 20.1. The molecule has 226 valence electrons. The fraction of sp³-hybridized carbons (Fsp3) is 0.345. The summed E-state index contributed by atoms with van der Waals surface area (Å²) in [7, 11) is -4.84. The lowest BCUT2D eigenvalue weighted by Crippen LogP contribution is -2.41. The second-order valence-corrected chi connectivity index (χ2v) is 13.4. The average Bonchev–Trinajstić information content (AvgIpc) is 3.02. The lowest BCUT2D eigenvalue weighted by Gasteiger charge is -2.26. The van der Waals surface area contributed by atoms with Crippen molar-refractivity contribution in [1.82, 2.24) is 13.9 Å². The van der Waals surface area contributed by atoms with E-state index in [2.05, 4.69) is 5.32 Å². The van der Waals surface area contributed by atoms with Gasteiger partial charge in [0.2, 0.25) is 26.0 Å². The number of sulfonamides is 2. The Kier molecular flexibility index (Phi) is 10.6. The number of nitrogens with zero attached hydrogens (tertiary/aromatic N) is 2. The Morgan fingerprint density at radius 3 is 2.14 bits per heavy atom. The monoisotopic (exact) mass is 617 g/mol. The summed E-state index contributed by atoms with van der Waals surface area (Å²) in [5.74, 6) is 0.135. The predicted molar refractivity (Wildman–Crippen MR) is 156 cm³/mol. The summed E-state index contributed by atoms with van der Waals surface area (Å²) in [6, 6.07) is 19.9. The van der Waals surface area contributed by atoms with Crippen molar-refractivity contribution in [1.29, 1.82) is 0 Å². The van der Waals surface area contributed by atoms with Crippen molar-refractivity contribution >= 4 is 26.0 Å². The topological polar surface area (TPSA) is 132 Å². The Bertz CT molecular complexity index is 1560. The van der Waals surface area contributed by atoms with E-state index in [0.717, 1.165) is 9.87 Å². The first-order valence-electron chi connectivity index (χ1n) is 13.3. The van der Waals surface area contributed by atoms with Crippen LogP contribution in [-0.4, -0.2) is 85.0 Å². The fourth-order valence-corrected chi connectivity index (χ4v) is 7.26. The van der Waals surface area contributed by atoms with Crippen LogP contribution < -0.4 is 14.8 Å². The van der Waals surface area contributed by atoms with Crippen molar-refractivity contribution in [3.63, 3.8) is 0 Å². The van der Waals surface area contributed by atoms with Gasteiger partial charge in [0.25, 0.3) is 0 Å². The lowest BCUT2D eigenvalue weighted by molar-refractivity contribution is -0.121. The van der Waals surface area contributed by atoms with Crippen molar-refractivity contribution in [3.05, 3.63) is 83.9 Å². The van der Waals surface area contributed by atoms with Crippen LogP contribution in [0.3, 0.4) is 0 Å². The summed E-state index contributed by atoms with van der Waals surface area (Å²) in [5.41, 5.74) is 1.60. The van der Waals surface area contributed by atoms with E-state index in [1.165, 1.54) is 48.9 Å². The molecule has 1 heterocycles. The van der Waals surface area contributed by atoms with Crippen LogP contribution >= 0.6 is 0 Å². The molecule has 1 aliphatic heterocycles. The van der Waals surface area contributed by atoms with Crippen LogP contribution in [0.15, 0.2) is 82.6 Å². The van der Waals surface area contributed by atoms with E-state index in [-0.39, 0.29) is 28.6 Å². The van der Waals surface area contributed by atoms with E-state index in [0.29, 0.717) is 44.0 Å². The largest absolute Gasteiger partial charge is 0.493 e. The summed E-state index contributed by atoms with van der Waals surface area (Å²) >= 11 is 0. The molecule has 1 amide bonds. The van der Waals surface area contributed by atoms with Crippen LogP contribution in [0.1, 0.15) is 11.1 Å². The molecule has 1 N–H and O–H groups in total. The molecule has 11 nitrogen and oxygen atoms in total. The van der Waals surface area contributed by atoms with Crippen molar-refractivity contribution in [2.45, 2.75) is 22.8 Å². The number of methoxy groups -OCH3 is 2. The van der Waals surface area contributed by atoms with Gasteiger partial charge in [0.05, 0.1) is 43.8 Å². The van der Waals surface area contributed by atoms with Crippen LogP contribution in [0.2, 0.25) is 0 Å². The molecule has 42 heavy (non-hydrogen) atoms. The molecule has 4 rings (SSSR count). The van der Waals surface area contributed by atoms with E-state index >= 15 is 0 Å². The van der Waals surface area contributed by atoms with Gasteiger partial charge in [0, 0.05) is 32.2 Å². The number of carbonyl (C=O) groups excluding carboxylic acids is 1. The van der Waals surface area contributed by atoms with Gasteiger partial charge >= 0.3 is 0 Å². The van der Waals surface area contributed by atoms with E-state index in [9.17, 15) is 21.6 Å². The first kappa shape index (κ1) is 31.4. The molecule has 1 aliphatic rings. The van der Waals surface area contributed by atoms with E-state index in [1.807, 2.05) is 30.3 Å². The zero-order valence-electron chi connectivity index (χ0n) is 23.6. The molecule has 0 saturated carbocycles. The molecule has 1 fully saturated rings. The minimum absolute atomic E-state index is 0.0296. The molecule has 3 aromatic rings. The van der Waals surface area contributed by atoms with Gasteiger partial charge in [0.15, 0.2) is 11.5 Å². The number of hydrogen-bond acceptors (Lipinski definition) is 8. The first-order valence-corrected chi connectivity index (χ1v) is 16.2. The standard InChI is InChI=1S/C29H35N3O8S2/c1-38-27-13-12-26(20-28(27)39-2)42(36,37)32(15-14-23-6-4-3-5-7-23)22-29(33)30-21-24-8-10-25(11-9-24)41(34,35)31-16-18-40-19-17-31/h3-13,20H,14-19,21-22H2,1-2H3,(H,30,33). The van der Waals surface area contributed by atoms with Crippen LogP contribution in [0, 0.1) is 0 Å². The smallest absolute Gasteiger partial charge is 0.243 e. The maximum atomic E-state index is 13.7. The minimum Gasteiger partial charge on any atom is -0.493 e.